The van der Waals surface area contributed by atoms with E-state index in [9.17, 15) is 8.78 Å². The van der Waals surface area contributed by atoms with Gasteiger partial charge in [0.05, 0.1) is 0 Å². The Bertz CT molecular complexity index is 703. The van der Waals surface area contributed by atoms with Crippen molar-refractivity contribution in [1.82, 2.24) is 4.98 Å². The predicted molar refractivity (Wildman–Crippen MR) is 60.8 cm³/mol. The van der Waals surface area contributed by atoms with Crippen LogP contribution in [-0.2, 0) is 0 Å². The predicted octanol–water partition coefficient (Wildman–Crippen LogP) is 3.03. The number of benzene rings is 1. The molecule has 0 saturated carbocycles. The van der Waals surface area contributed by atoms with E-state index in [0.717, 1.165) is 25.0 Å². The zero-order valence-electron chi connectivity index (χ0n) is 8.42. The Morgan fingerprint density at radius 3 is 2.75 bits per heavy atom. The van der Waals surface area contributed by atoms with Crippen molar-refractivity contribution in [2.24, 2.45) is 0 Å². The summed E-state index contributed by atoms with van der Waals surface area (Å²) in [5.74, 6) is -1.56. The fourth-order valence-electron chi connectivity index (χ4n) is 1.85. The Kier molecular flexibility index (Phi) is 2.09. The summed E-state index contributed by atoms with van der Waals surface area (Å²) in [6.45, 7) is 1.97. The molecular weight excluding hydrogens is 275 g/mol. The fourth-order valence-corrected chi connectivity index (χ4v) is 4.22. The van der Waals surface area contributed by atoms with Gasteiger partial charge in [0.2, 0.25) is 0 Å². The summed E-state index contributed by atoms with van der Waals surface area (Å²) in [6.07, 6.45) is 1.74. The summed E-state index contributed by atoms with van der Waals surface area (Å²) in [5, 5.41) is 1.79. The van der Waals surface area contributed by atoms with Crippen LogP contribution in [0.15, 0.2) is 24.4 Å². The third-order valence-electron chi connectivity index (χ3n) is 2.62. The van der Waals surface area contributed by atoms with Gasteiger partial charge >= 0.3 is 96.2 Å². The Labute approximate surface area is 96.5 Å². The minimum absolute atomic E-state index is 0.00870. The molecule has 0 aliphatic carbocycles. The molecule has 0 saturated heterocycles. The van der Waals surface area contributed by atoms with Gasteiger partial charge in [-0.05, 0) is 0 Å². The Balaban J connectivity index is 2.58. The van der Waals surface area contributed by atoms with Crippen molar-refractivity contribution in [2.45, 2.75) is 6.92 Å². The molecule has 16 heavy (non-hydrogen) atoms. The van der Waals surface area contributed by atoms with Crippen LogP contribution in [0.2, 0.25) is 0 Å². The first-order valence-electron chi connectivity index (χ1n) is 4.79. The first-order chi connectivity index (χ1) is 7.66. The maximum absolute atomic E-state index is 13.2. The number of nitrogens with zero attached hydrogens (tertiary/aromatic N) is 1. The molecule has 4 heteroatoms. The summed E-state index contributed by atoms with van der Waals surface area (Å²) in [6, 6.07) is 4.48. The van der Waals surface area contributed by atoms with E-state index in [0.29, 0.717) is 0 Å². The molecule has 0 bridgehead atoms. The van der Waals surface area contributed by atoms with E-state index in [2.05, 4.69) is 4.98 Å². The van der Waals surface area contributed by atoms with Gasteiger partial charge in [-0.1, -0.05) is 0 Å². The van der Waals surface area contributed by atoms with Crippen molar-refractivity contribution in [3.63, 3.8) is 0 Å². The molecule has 0 N–H and O–H groups in total. The standard InChI is InChI=1S/C12H7F2NSe/c1-6-2-3-15-12-11(6)7-4-8(13)9(14)5-10(7)16-12/h2-5H,1H3. The zero-order chi connectivity index (χ0) is 11.3. The molecule has 1 nitrogen and oxygen atoms in total. The molecule has 80 valence electrons. The average Bonchev–Trinajstić information content (AvgIpc) is 2.58. The van der Waals surface area contributed by atoms with E-state index in [4.69, 9.17) is 0 Å². The number of rotatable bonds is 0. The Hall–Kier alpha value is -1.25. The van der Waals surface area contributed by atoms with Gasteiger partial charge in [0.1, 0.15) is 0 Å². The van der Waals surface area contributed by atoms with Gasteiger partial charge in [-0.3, -0.25) is 0 Å². The van der Waals surface area contributed by atoms with Crippen LogP contribution in [0.1, 0.15) is 5.56 Å². The quantitative estimate of drug-likeness (QED) is 0.578. The van der Waals surface area contributed by atoms with Crippen LogP contribution in [0.25, 0.3) is 19.4 Å². The summed E-state index contributed by atoms with van der Waals surface area (Å²) in [7, 11) is 0. The number of hydrogen-bond donors (Lipinski definition) is 0. The average molecular weight is 282 g/mol. The number of aromatic nitrogens is 1. The van der Waals surface area contributed by atoms with Gasteiger partial charge in [0.25, 0.3) is 0 Å². The van der Waals surface area contributed by atoms with E-state index in [-0.39, 0.29) is 14.5 Å². The van der Waals surface area contributed by atoms with Crippen LogP contribution in [0, 0.1) is 18.6 Å². The van der Waals surface area contributed by atoms with Gasteiger partial charge < -0.3 is 0 Å². The second kappa shape index (κ2) is 3.37. The van der Waals surface area contributed by atoms with E-state index in [1.165, 1.54) is 12.1 Å². The molecule has 3 aromatic rings. The maximum atomic E-state index is 13.2. The number of halogens is 2. The summed E-state index contributed by atoms with van der Waals surface area (Å²) < 4.78 is 28.2. The Morgan fingerprint density at radius 2 is 1.94 bits per heavy atom. The molecule has 0 spiro atoms. The second-order valence-corrected chi connectivity index (χ2v) is 5.83. The second-order valence-electron chi connectivity index (χ2n) is 3.67. The van der Waals surface area contributed by atoms with Gasteiger partial charge in [0.15, 0.2) is 0 Å². The van der Waals surface area contributed by atoms with E-state index >= 15 is 0 Å². The van der Waals surface area contributed by atoms with Crippen molar-refractivity contribution >= 4 is 33.9 Å². The monoisotopic (exact) mass is 283 g/mol. The molecule has 1 aromatic carbocycles. The van der Waals surface area contributed by atoms with Gasteiger partial charge in [-0.25, -0.2) is 0 Å². The fraction of sp³-hybridized carbons (Fsp3) is 0.0833. The van der Waals surface area contributed by atoms with Crippen molar-refractivity contribution in [2.75, 3.05) is 0 Å². The van der Waals surface area contributed by atoms with Crippen molar-refractivity contribution in [3.05, 3.63) is 41.6 Å². The number of fused-ring (bicyclic) bond motifs is 3. The molecule has 3 rings (SSSR count). The van der Waals surface area contributed by atoms with Crippen molar-refractivity contribution < 1.29 is 8.78 Å². The molecule has 0 aliphatic heterocycles. The molecule has 2 heterocycles. The number of pyridine rings is 1. The molecule has 0 aliphatic rings. The third-order valence-corrected chi connectivity index (χ3v) is 4.85. The molecule has 0 atom stereocenters. The van der Waals surface area contributed by atoms with Crippen LogP contribution in [0.3, 0.4) is 0 Å². The number of hydrogen-bond acceptors (Lipinski definition) is 1. The summed E-state index contributed by atoms with van der Waals surface area (Å²) in [4.78, 5) is 4.28. The van der Waals surface area contributed by atoms with Gasteiger partial charge in [0, 0.05) is 0 Å². The van der Waals surface area contributed by atoms with Crippen molar-refractivity contribution in [1.29, 1.82) is 0 Å². The van der Waals surface area contributed by atoms with E-state index in [1.54, 1.807) is 6.20 Å². The molecule has 0 fully saturated rings. The topological polar surface area (TPSA) is 12.9 Å². The van der Waals surface area contributed by atoms with Gasteiger partial charge in [-0.2, -0.15) is 0 Å². The SMILES string of the molecule is Cc1ccnc2[se]c3cc(F)c(F)cc3c12. The first kappa shape index (κ1) is 9.94. The van der Waals surface area contributed by atoms with Crippen LogP contribution < -0.4 is 0 Å². The van der Waals surface area contributed by atoms with Crippen LogP contribution in [0.4, 0.5) is 8.78 Å². The third kappa shape index (κ3) is 1.30. The minimum atomic E-state index is -0.786. The Morgan fingerprint density at radius 1 is 1.19 bits per heavy atom. The van der Waals surface area contributed by atoms with Gasteiger partial charge in [-0.15, -0.1) is 0 Å². The van der Waals surface area contributed by atoms with E-state index in [1.807, 2.05) is 13.0 Å². The molecule has 0 unspecified atom stereocenters. The van der Waals surface area contributed by atoms with Crippen LogP contribution in [-0.4, -0.2) is 19.5 Å². The normalized spacial score (nSPS) is 11.4. The molecule has 0 radical (unpaired) electrons. The number of aryl methyl sites for hydroxylation is 1. The summed E-state index contributed by atoms with van der Waals surface area (Å²) in [5.41, 5.74) is 1.07. The van der Waals surface area contributed by atoms with Crippen LogP contribution >= 0.6 is 0 Å². The first-order valence-corrected chi connectivity index (χ1v) is 6.51. The van der Waals surface area contributed by atoms with Crippen molar-refractivity contribution in [3.8, 4) is 0 Å². The van der Waals surface area contributed by atoms with Crippen LogP contribution in [0.5, 0.6) is 0 Å². The molecule has 2 aromatic heterocycles. The zero-order valence-corrected chi connectivity index (χ0v) is 10.1. The van der Waals surface area contributed by atoms with E-state index < -0.39 is 11.6 Å². The molecule has 0 amide bonds. The summed E-state index contributed by atoms with van der Waals surface area (Å²) >= 11 is -0.00870. The molecular formula is C12H7F2NSe.